The van der Waals surface area contributed by atoms with Gasteiger partial charge in [0.2, 0.25) is 0 Å². The van der Waals surface area contributed by atoms with Gasteiger partial charge in [-0.05, 0) is 49.5 Å². The summed E-state index contributed by atoms with van der Waals surface area (Å²) in [5.74, 6) is 0.791. The molecule has 0 aliphatic carbocycles. The summed E-state index contributed by atoms with van der Waals surface area (Å²) in [5.41, 5.74) is 7.21. The molecule has 4 N–H and O–H groups in total. The van der Waals surface area contributed by atoms with Gasteiger partial charge in [-0.2, -0.15) is 0 Å². The zero-order valence-corrected chi connectivity index (χ0v) is 11.2. The van der Waals surface area contributed by atoms with E-state index in [-0.39, 0.29) is 16.8 Å². The van der Waals surface area contributed by atoms with Gasteiger partial charge in [0.1, 0.15) is 0 Å². The second kappa shape index (κ2) is 5.78. The van der Waals surface area contributed by atoms with Crippen molar-refractivity contribution in [3.05, 3.63) is 22.7 Å². The van der Waals surface area contributed by atoms with Crippen LogP contribution in [0, 0.1) is 5.92 Å². The zero-order valence-electron chi connectivity index (χ0n) is 10.4. The van der Waals surface area contributed by atoms with E-state index in [1.807, 2.05) is 0 Å². The van der Waals surface area contributed by atoms with E-state index >= 15 is 0 Å². The van der Waals surface area contributed by atoms with Crippen molar-refractivity contribution in [2.75, 3.05) is 20.2 Å². The van der Waals surface area contributed by atoms with Crippen molar-refractivity contribution in [1.82, 2.24) is 5.32 Å². The summed E-state index contributed by atoms with van der Waals surface area (Å²) in [5, 5.41) is 13.3. The van der Waals surface area contributed by atoms with Gasteiger partial charge in [-0.15, -0.1) is 0 Å². The van der Waals surface area contributed by atoms with Crippen molar-refractivity contribution < 1.29 is 9.84 Å². The number of piperidine rings is 1. The molecule has 1 saturated heterocycles. The first kappa shape index (κ1) is 13.5. The Balaban J connectivity index is 2.23. The number of hydrogen-bond acceptors (Lipinski definition) is 4. The van der Waals surface area contributed by atoms with Gasteiger partial charge >= 0.3 is 0 Å². The Morgan fingerprint density at radius 2 is 2.11 bits per heavy atom. The molecular weight excluding hydrogens is 252 g/mol. The van der Waals surface area contributed by atoms with Crippen LogP contribution in [0.25, 0.3) is 0 Å². The lowest BCUT2D eigenvalue weighted by molar-refractivity contribution is 0.320. The molecule has 1 aliphatic heterocycles. The molecular formula is C13H19ClN2O2. The van der Waals surface area contributed by atoms with Gasteiger partial charge in [-0.1, -0.05) is 11.6 Å². The lowest BCUT2D eigenvalue weighted by atomic mass is 9.86. The monoisotopic (exact) mass is 270 g/mol. The number of methoxy groups -OCH3 is 1. The lowest BCUT2D eigenvalue weighted by Gasteiger charge is -2.28. The van der Waals surface area contributed by atoms with Crippen molar-refractivity contribution in [3.63, 3.8) is 0 Å². The van der Waals surface area contributed by atoms with Crippen molar-refractivity contribution >= 4 is 11.6 Å². The van der Waals surface area contributed by atoms with E-state index in [4.69, 9.17) is 22.1 Å². The smallest absolute Gasteiger partial charge is 0.176 e. The molecule has 1 aromatic carbocycles. The molecule has 0 saturated carbocycles. The topological polar surface area (TPSA) is 67.5 Å². The fourth-order valence-corrected chi connectivity index (χ4v) is 2.64. The van der Waals surface area contributed by atoms with Crippen molar-refractivity contribution in [2.45, 2.75) is 18.9 Å². The summed E-state index contributed by atoms with van der Waals surface area (Å²) in [6, 6.07) is 3.43. The van der Waals surface area contributed by atoms with Gasteiger partial charge in [-0.25, -0.2) is 0 Å². The number of rotatable bonds is 3. The van der Waals surface area contributed by atoms with Crippen LogP contribution in [0.5, 0.6) is 11.5 Å². The average Bonchev–Trinajstić information content (AvgIpc) is 2.42. The Kier molecular flexibility index (Phi) is 4.32. The SMILES string of the molecule is COc1cc([C@H](N)C2CCNCC2)cc(Cl)c1O. The highest BCUT2D eigenvalue weighted by Gasteiger charge is 2.23. The number of hydrogen-bond donors (Lipinski definition) is 3. The highest BCUT2D eigenvalue weighted by atomic mass is 35.5. The number of aromatic hydroxyl groups is 1. The minimum Gasteiger partial charge on any atom is -0.503 e. The highest BCUT2D eigenvalue weighted by molar-refractivity contribution is 6.32. The third-order valence-corrected chi connectivity index (χ3v) is 3.84. The van der Waals surface area contributed by atoms with Crippen molar-refractivity contribution in [2.24, 2.45) is 11.7 Å². The number of nitrogens with two attached hydrogens (primary N) is 1. The van der Waals surface area contributed by atoms with E-state index in [1.54, 1.807) is 12.1 Å². The van der Waals surface area contributed by atoms with E-state index in [2.05, 4.69) is 5.32 Å². The Morgan fingerprint density at radius 3 is 2.72 bits per heavy atom. The number of ether oxygens (including phenoxy) is 1. The average molecular weight is 271 g/mol. The van der Waals surface area contributed by atoms with Crippen molar-refractivity contribution in [3.8, 4) is 11.5 Å². The summed E-state index contributed by atoms with van der Waals surface area (Å²) in [4.78, 5) is 0. The van der Waals surface area contributed by atoms with Gasteiger partial charge < -0.3 is 20.9 Å². The van der Waals surface area contributed by atoms with Gasteiger partial charge in [0.15, 0.2) is 11.5 Å². The second-order valence-electron chi connectivity index (χ2n) is 4.67. The fraction of sp³-hybridized carbons (Fsp3) is 0.538. The molecule has 1 aromatic rings. The first-order valence-electron chi connectivity index (χ1n) is 6.16. The molecule has 100 valence electrons. The summed E-state index contributed by atoms with van der Waals surface area (Å²) in [6.45, 7) is 2.00. The second-order valence-corrected chi connectivity index (χ2v) is 5.07. The molecule has 1 fully saturated rings. The number of benzene rings is 1. The number of nitrogens with one attached hydrogen (secondary N) is 1. The lowest BCUT2D eigenvalue weighted by Crippen LogP contribution is -2.33. The quantitative estimate of drug-likeness (QED) is 0.786. The van der Waals surface area contributed by atoms with Gasteiger partial charge in [0.05, 0.1) is 12.1 Å². The third-order valence-electron chi connectivity index (χ3n) is 3.55. The van der Waals surface area contributed by atoms with Crippen LogP contribution >= 0.6 is 11.6 Å². The summed E-state index contributed by atoms with van der Waals surface area (Å²) >= 11 is 5.98. The predicted molar refractivity (Wildman–Crippen MR) is 72.2 cm³/mol. The molecule has 1 aliphatic rings. The third kappa shape index (κ3) is 2.71. The van der Waals surface area contributed by atoms with E-state index in [1.165, 1.54) is 7.11 Å². The van der Waals surface area contributed by atoms with E-state index in [0.29, 0.717) is 11.7 Å². The molecule has 0 radical (unpaired) electrons. The molecule has 4 nitrogen and oxygen atoms in total. The molecule has 0 amide bonds. The predicted octanol–water partition coefficient (Wildman–Crippen LogP) is 2.05. The molecule has 0 spiro atoms. The van der Waals surface area contributed by atoms with Crippen LogP contribution in [0.2, 0.25) is 5.02 Å². The maximum atomic E-state index is 9.71. The Bertz CT molecular complexity index is 420. The van der Waals surface area contributed by atoms with E-state index in [9.17, 15) is 5.11 Å². The fourth-order valence-electron chi connectivity index (χ4n) is 2.42. The first-order valence-corrected chi connectivity index (χ1v) is 6.54. The van der Waals surface area contributed by atoms with Crippen LogP contribution in [-0.2, 0) is 0 Å². The Morgan fingerprint density at radius 1 is 1.44 bits per heavy atom. The van der Waals surface area contributed by atoms with Crippen LogP contribution in [0.4, 0.5) is 0 Å². The van der Waals surface area contributed by atoms with Crippen LogP contribution in [0.1, 0.15) is 24.4 Å². The van der Waals surface area contributed by atoms with Crippen LogP contribution < -0.4 is 15.8 Å². The first-order chi connectivity index (χ1) is 8.63. The largest absolute Gasteiger partial charge is 0.503 e. The van der Waals surface area contributed by atoms with Gasteiger partial charge in [0.25, 0.3) is 0 Å². The molecule has 1 heterocycles. The Hall–Kier alpha value is -0.970. The van der Waals surface area contributed by atoms with E-state index < -0.39 is 0 Å². The standard InChI is InChI=1S/C13H19ClN2O2/c1-18-11-7-9(6-10(14)13(11)17)12(15)8-2-4-16-5-3-8/h6-8,12,16-17H,2-5,15H2,1H3/t12-/m1/s1. The number of halogens is 1. The highest BCUT2D eigenvalue weighted by Crippen LogP contribution is 2.38. The minimum absolute atomic E-state index is 0.0274. The summed E-state index contributed by atoms with van der Waals surface area (Å²) in [6.07, 6.45) is 2.12. The molecule has 0 unspecified atom stereocenters. The molecule has 18 heavy (non-hydrogen) atoms. The molecule has 0 bridgehead atoms. The normalized spacial score (nSPS) is 18.6. The number of phenolic OH excluding ortho intramolecular Hbond substituents is 1. The summed E-state index contributed by atoms with van der Waals surface area (Å²) in [7, 11) is 1.51. The number of phenols is 1. The maximum Gasteiger partial charge on any atom is 0.176 e. The van der Waals surface area contributed by atoms with E-state index in [0.717, 1.165) is 31.5 Å². The molecule has 1 atom stereocenters. The molecule has 5 heteroatoms. The Labute approximate surface area is 112 Å². The molecule has 0 aromatic heterocycles. The van der Waals surface area contributed by atoms with Crippen molar-refractivity contribution in [1.29, 1.82) is 0 Å². The maximum absolute atomic E-state index is 9.71. The van der Waals surface area contributed by atoms with Crippen LogP contribution in [0.3, 0.4) is 0 Å². The van der Waals surface area contributed by atoms with Gasteiger partial charge in [-0.3, -0.25) is 0 Å². The van der Waals surface area contributed by atoms with Gasteiger partial charge in [0, 0.05) is 6.04 Å². The van der Waals surface area contributed by atoms with Crippen LogP contribution in [-0.4, -0.2) is 25.3 Å². The molecule has 2 rings (SSSR count). The zero-order chi connectivity index (χ0) is 13.1. The minimum atomic E-state index is -0.0703. The van der Waals surface area contributed by atoms with Crippen LogP contribution in [0.15, 0.2) is 12.1 Å². The summed E-state index contributed by atoms with van der Waals surface area (Å²) < 4.78 is 5.10.